The Hall–Kier alpha value is 0.0400. The van der Waals surface area contributed by atoms with E-state index in [2.05, 4.69) is 29.8 Å². The molecule has 0 aromatic heterocycles. The average Bonchev–Trinajstić information content (AvgIpc) is 2.38. The summed E-state index contributed by atoms with van der Waals surface area (Å²) in [4.78, 5) is 2.53. The van der Waals surface area contributed by atoms with Crippen molar-refractivity contribution in [1.82, 2.24) is 4.90 Å². The third kappa shape index (κ3) is 2.26. The topological polar surface area (TPSA) is 20.3 Å². The molecule has 1 heterocycles. The minimum absolute atomic E-state index is 0.291. The molecule has 0 radical (unpaired) electrons. The summed E-state index contributed by atoms with van der Waals surface area (Å²) in [6.45, 7) is 0. The molecule has 0 aromatic carbocycles. The van der Waals surface area contributed by atoms with Gasteiger partial charge in [-0.25, -0.2) is 0 Å². The molecular formula is C14H23NOS2. The van der Waals surface area contributed by atoms with E-state index in [-0.39, 0.29) is 0 Å². The van der Waals surface area contributed by atoms with Crippen LogP contribution < -0.4 is 0 Å². The summed E-state index contributed by atoms with van der Waals surface area (Å²) in [5, 5.41) is 1.81. The van der Waals surface area contributed by atoms with Crippen LogP contribution in [0.3, 0.4) is 0 Å². The van der Waals surface area contributed by atoms with Gasteiger partial charge in [0, 0.05) is 46.3 Å². The maximum Gasteiger partial charge on any atom is 0.0545 e. The fraction of sp³-hybridized carbons (Fsp3) is 0.857. The maximum atomic E-state index is 11.7. The van der Waals surface area contributed by atoms with E-state index in [0.717, 1.165) is 17.7 Å². The quantitative estimate of drug-likeness (QED) is 0.739. The smallest absolute Gasteiger partial charge is 0.0545 e. The minimum Gasteiger partial charge on any atom is -0.373 e. The van der Waals surface area contributed by atoms with E-state index >= 15 is 0 Å². The molecule has 4 heteroatoms. The predicted octanol–water partition coefficient (Wildman–Crippen LogP) is 2.77. The summed E-state index contributed by atoms with van der Waals surface area (Å²) in [6.07, 6.45) is 12.0. The van der Waals surface area contributed by atoms with Gasteiger partial charge in [-0.05, 0) is 31.8 Å². The zero-order valence-corrected chi connectivity index (χ0v) is 12.9. The number of hydrogen-bond acceptors (Lipinski definition) is 3. The molecule has 2 aliphatic carbocycles. The van der Waals surface area contributed by atoms with Crippen molar-refractivity contribution in [3.63, 3.8) is 0 Å². The van der Waals surface area contributed by atoms with Crippen molar-refractivity contribution in [3.05, 3.63) is 11.8 Å². The van der Waals surface area contributed by atoms with E-state index in [0.29, 0.717) is 10.5 Å². The highest BCUT2D eigenvalue weighted by molar-refractivity contribution is 8.00. The SMILES string of the molecule is CN1C2=CC(S(C)=O)CCC2SC2CCCCC21. The molecule has 0 N–H and O–H groups in total. The van der Waals surface area contributed by atoms with Crippen LogP contribution in [0.4, 0.5) is 0 Å². The second kappa shape index (κ2) is 5.20. The fourth-order valence-corrected chi connectivity index (χ4v) is 6.35. The number of nitrogens with zero attached hydrogens (tertiary/aromatic N) is 1. The lowest BCUT2D eigenvalue weighted by atomic mass is 9.91. The Morgan fingerprint density at radius 1 is 1.28 bits per heavy atom. The Bertz CT molecular complexity index is 382. The van der Waals surface area contributed by atoms with Crippen molar-refractivity contribution in [3.8, 4) is 0 Å². The number of thioether (sulfide) groups is 1. The van der Waals surface area contributed by atoms with Gasteiger partial charge in [0.15, 0.2) is 0 Å². The first kappa shape index (κ1) is 13.0. The molecule has 0 amide bonds. The monoisotopic (exact) mass is 285 g/mol. The molecule has 1 saturated carbocycles. The van der Waals surface area contributed by atoms with Gasteiger partial charge in [0.2, 0.25) is 0 Å². The van der Waals surface area contributed by atoms with Gasteiger partial charge in [-0.3, -0.25) is 4.21 Å². The van der Waals surface area contributed by atoms with E-state index in [1.165, 1.54) is 37.8 Å². The lowest BCUT2D eigenvalue weighted by Gasteiger charge is -2.49. The van der Waals surface area contributed by atoms with Gasteiger partial charge in [-0.15, -0.1) is 11.8 Å². The lowest BCUT2D eigenvalue weighted by Crippen LogP contribution is -2.49. The molecule has 3 rings (SSSR count). The average molecular weight is 285 g/mol. The normalized spacial score (nSPS) is 41.7. The molecule has 0 bridgehead atoms. The summed E-state index contributed by atoms with van der Waals surface area (Å²) in [6, 6.07) is 0.732. The van der Waals surface area contributed by atoms with Crippen molar-refractivity contribution < 1.29 is 4.21 Å². The van der Waals surface area contributed by atoms with Crippen LogP contribution in [0.15, 0.2) is 11.8 Å². The van der Waals surface area contributed by atoms with Crippen molar-refractivity contribution in [2.75, 3.05) is 13.3 Å². The summed E-state index contributed by atoms with van der Waals surface area (Å²) < 4.78 is 11.7. The maximum absolute atomic E-state index is 11.7. The summed E-state index contributed by atoms with van der Waals surface area (Å²) in [5.41, 5.74) is 1.48. The molecule has 5 unspecified atom stereocenters. The van der Waals surface area contributed by atoms with Crippen LogP contribution in [0, 0.1) is 0 Å². The zero-order chi connectivity index (χ0) is 12.7. The Morgan fingerprint density at radius 3 is 2.83 bits per heavy atom. The van der Waals surface area contributed by atoms with Gasteiger partial charge in [-0.1, -0.05) is 12.8 Å². The predicted molar refractivity (Wildman–Crippen MR) is 80.4 cm³/mol. The highest BCUT2D eigenvalue weighted by Crippen LogP contribution is 2.46. The zero-order valence-electron chi connectivity index (χ0n) is 11.3. The van der Waals surface area contributed by atoms with Gasteiger partial charge in [0.25, 0.3) is 0 Å². The van der Waals surface area contributed by atoms with Crippen molar-refractivity contribution >= 4 is 22.6 Å². The molecule has 5 atom stereocenters. The van der Waals surface area contributed by atoms with Gasteiger partial charge in [0.05, 0.1) is 5.25 Å². The molecule has 102 valence electrons. The summed E-state index contributed by atoms with van der Waals surface area (Å²) in [7, 11) is 1.56. The highest BCUT2D eigenvalue weighted by Gasteiger charge is 2.40. The number of rotatable bonds is 1. The molecule has 0 spiro atoms. The summed E-state index contributed by atoms with van der Waals surface area (Å²) in [5.74, 6) is 0. The molecule has 2 fully saturated rings. The second-order valence-electron chi connectivity index (χ2n) is 5.83. The minimum atomic E-state index is -0.704. The van der Waals surface area contributed by atoms with E-state index in [1.54, 1.807) is 0 Å². The second-order valence-corrected chi connectivity index (χ2v) is 8.88. The molecule has 1 aliphatic heterocycles. The third-order valence-corrected chi connectivity index (χ3v) is 7.67. The molecule has 3 aliphatic rings. The van der Waals surface area contributed by atoms with Gasteiger partial charge in [-0.2, -0.15) is 0 Å². The molecule has 0 aromatic rings. The molecule has 18 heavy (non-hydrogen) atoms. The van der Waals surface area contributed by atoms with Crippen molar-refractivity contribution in [2.45, 2.75) is 60.3 Å². The molecule has 2 nitrogen and oxygen atoms in total. The van der Waals surface area contributed by atoms with Crippen LogP contribution in [0.2, 0.25) is 0 Å². The largest absolute Gasteiger partial charge is 0.373 e. The standard InChI is InChI=1S/C14H23NOS2/c1-15-11-5-3-4-6-13(11)17-14-8-7-10(18(2)16)9-12(14)15/h9-11,13-14H,3-8H2,1-2H3. The number of fused-ring (bicyclic) bond motifs is 2. The van der Waals surface area contributed by atoms with E-state index in [4.69, 9.17) is 0 Å². The molecule has 1 saturated heterocycles. The van der Waals surface area contributed by atoms with Crippen molar-refractivity contribution in [2.24, 2.45) is 0 Å². The van der Waals surface area contributed by atoms with E-state index < -0.39 is 10.8 Å². The van der Waals surface area contributed by atoms with Gasteiger partial charge >= 0.3 is 0 Å². The lowest BCUT2D eigenvalue weighted by molar-refractivity contribution is 0.224. The first-order valence-corrected chi connectivity index (χ1v) is 9.65. The third-order valence-electron chi connectivity index (χ3n) is 4.74. The van der Waals surface area contributed by atoms with Crippen LogP contribution in [-0.2, 0) is 10.8 Å². The Kier molecular flexibility index (Phi) is 3.77. The van der Waals surface area contributed by atoms with Gasteiger partial charge < -0.3 is 4.90 Å². The van der Waals surface area contributed by atoms with Crippen LogP contribution >= 0.6 is 11.8 Å². The fourth-order valence-electron chi connectivity index (χ4n) is 3.67. The summed E-state index contributed by atoms with van der Waals surface area (Å²) >= 11 is 2.21. The van der Waals surface area contributed by atoms with Crippen LogP contribution in [0.5, 0.6) is 0 Å². The van der Waals surface area contributed by atoms with Crippen LogP contribution in [-0.4, -0.2) is 44.2 Å². The van der Waals surface area contributed by atoms with Gasteiger partial charge in [0.1, 0.15) is 0 Å². The Labute approximate surface area is 117 Å². The van der Waals surface area contributed by atoms with E-state index in [1.807, 2.05) is 6.26 Å². The van der Waals surface area contributed by atoms with Crippen LogP contribution in [0.25, 0.3) is 0 Å². The Balaban J connectivity index is 1.84. The first-order chi connectivity index (χ1) is 8.66. The highest BCUT2D eigenvalue weighted by atomic mass is 32.2. The van der Waals surface area contributed by atoms with E-state index in [9.17, 15) is 4.21 Å². The Morgan fingerprint density at radius 2 is 2.06 bits per heavy atom. The first-order valence-electron chi connectivity index (χ1n) is 7.09. The number of hydrogen-bond donors (Lipinski definition) is 0. The molecular weight excluding hydrogens is 262 g/mol. The van der Waals surface area contributed by atoms with Crippen LogP contribution in [0.1, 0.15) is 38.5 Å². The van der Waals surface area contributed by atoms with Crippen molar-refractivity contribution in [1.29, 1.82) is 0 Å².